The number of aryl methyl sites for hydroxylation is 1. The minimum atomic E-state index is 0.685. The van der Waals surface area contributed by atoms with E-state index in [4.69, 9.17) is 9.47 Å². The van der Waals surface area contributed by atoms with Crippen LogP contribution in [0.1, 0.15) is 31.7 Å². The maximum absolute atomic E-state index is 5.81. The van der Waals surface area contributed by atoms with Gasteiger partial charge in [-0.25, -0.2) is 0 Å². The molecular formula is C18H23BrO2. The fourth-order valence-corrected chi connectivity index (χ4v) is 2.54. The molecule has 0 spiro atoms. The molecule has 0 atom stereocenters. The molecule has 0 bridgehead atoms. The minimum Gasteiger partial charge on any atom is -0.494 e. The third-order valence-corrected chi connectivity index (χ3v) is 3.89. The third-order valence-electron chi connectivity index (χ3n) is 3.56. The smallest absolute Gasteiger partial charge is 0.122 e. The Balaban J connectivity index is 2.13. The highest BCUT2D eigenvalue weighted by Gasteiger charge is 2.06. The van der Waals surface area contributed by atoms with E-state index in [0.29, 0.717) is 6.61 Å². The van der Waals surface area contributed by atoms with Crippen molar-refractivity contribution in [1.29, 1.82) is 0 Å². The zero-order valence-electron chi connectivity index (χ0n) is 12.8. The van der Waals surface area contributed by atoms with Crippen molar-refractivity contribution in [3.8, 4) is 11.5 Å². The van der Waals surface area contributed by atoms with Crippen molar-refractivity contribution in [3.63, 3.8) is 0 Å². The number of hydrogen-bond donors (Lipinski definition) is 0. The van der Waals surface area contributed by atoms with E-state index in [0.717, 1.165) is 29.9 Å². The van der Waals surface area contributed by atoms with E-state index in [-0.39, 0.29) is 0 Å². The van der Waals surface area contributed by atoms with Crippen molar-refractivity contribution < 1.29 is 9.47 Å². The molecule has 21 heavy (non-hydrogen) atoms. The Morgan fingerprint density at radius 3 is 2.62 bits per heavy atom. The lowest BCUT2D eigenvalue weighted by atomic mass is 10.0. The van der Waals surface area contributed by atoms with Crippen molar-refractivity contribution in [2.24, 2.45) is 0 Å². The normalized spacial score (nSPS) is 10.8. The summed E-state index contributed by atoms with van der Waals surface area (Å²) in [5.74, 6) is 1.91. The highest BCUT2D eigenvalue weighted by molar-refractivity contribution is 9.09. The molecule has 0 N–H and O–H groups in total. The van der Waals surface area contributed by atoms with E-state index in [1.54, 1.807) is 0 Å². The Labute approximate surface area is 135 Å². The molecule has 0 fully saturated rings. The highest BCUT2D eigenvalue weighted by atomic mass is 79.9. The van der Waals surface area contributed by atoms with Gasteiger partial charge < -0.3 is 9.47 Å². The molecule has 0 aliphatic carbocycles. The number of ether oxygens (including phenoxy) is 2. The summed E-state index contributed by atoms with van der Waals surface area (Å²) in [6.07, 6.45) is 3.56. The minimum absolute atomic E-state index is 0.685. The molecule has 0 aliphatic heterocycles. The van der Waals surface area contributed by atoms with Crippen LogP contribution >= 0.6 is 15.9 Å². The number of alkyl halides is 1. The van der Waals surface area contributed by atoms with E-state index in [1.165, 1.54) is 29.2 Å². The monoisotopic (exact) mass is 350 g/mol. The number of fused-ring (bicyclic) bond motifs is 1. The third kappa shape index (κ3) is 4.37. The lowest BCUT2D eigenvalue weighted by Crippen LogP contribution is -2.00. The average molecular weight is 351 g/mol. The summed E-state index contributed by atoms with van der Waals surface area (Å²) in [5, 5.41) is 3.27. The second-order valence-corrected chi connectivity index (χ2v) is 5.96. The van der Waals surface area contributed by atoms with Crippen LogP contribution in [0.3, 0.4) is 0 Å². The van der Waals surface area contributed by atoms with Gasteiger partial charge in [0.2, 0.25) is 0 Å². The Morgan fingerprint density at radius 1 is 1.00 bits per heavy atom. The molecule has 0 radical (unpaired) electrons. The average Bonchev–Trinajstić information content (AvgIpc) is 2.51. The highest BCUT2D eigenvalue weighted by Crippen LogP contribution is 2.30. The Bertz CT molecular complexity index is 581. The first-order valence-electron chi connectivity index (χ1n) is 7.61. The second kappa shape index (κ2) is 8.28. The van der Waals surface area contributed by atoms with Gasteiger partial charge in [0.25, 0.3) is 0 Å². The van der Waals surface area contributed by atoms with Gasteiger partial charge in [-0.1, -0.05) is 47.8 Å². The molecule has 0 saturated heterocycles. The number of hydrogen-bond acceptors (Lipinski definition) is 2. The molecule has 0 unspecified atom stereocenters. The van der Waals surface area contributed by atoms with Gasteiger partial charge in [0.15, 0.2) is 0 Å². The molecule has 2 aromatic rings. The van der Waals surface area contributed by atoms with Crippen LogP contribution in [0.4, 0.5) is 0 Å². The maximum atomic E-state index is 5.81. The summed E-state index contributed by atoms with van der Waals surface area (Å²) in [5.41, 5.74) is 1.19. The van der Waals surface area contributed by atoms with Gasteiger partial charge in [-0.2, -0.15) is 0 Å². The van der Waals surface area contributed by atoms with Crippen molar-refractivity contribution in [2.75, 3.05) is 18.5 Å². The zero-order chi connectivity index (χ0) is 15.1. The van der Waals surface area contributed by atoms with Gasteiger partial charge in [0.1, 0.15) is 11.5 Å². The summed E-state index contributed by atoms with van der Waals surface area (Å²) < 4.78 is 11.6. The Morgan fingerprint density at radius 2 is 1.86 bits per heavy atom. The van der Waals surface area contributed by atoms with Gasteiger partial charge in [-0.05, 0) is 47.9 Å². The van der Waals surface area contributed by atoms with E-state index in [2.05, 4.69) is 54.0 Å². The van der Waals surface area contributed by atoms with E-state index >= 15 is 0 Å². The van der Waals surface area contributed by atoms with Crippen LogP contribution in [-0.4, -0.2) is 18.5 Å². The molecule has 114 valence electrons. The first-order chi connectivity index (χ1) is 10.3. The van der Waals surface area contributed by atoms with Crippen LogP contribution in [0.15, 0.2) is 30.3 Å². The van der Waals surface area contributed by atoms with Crippen LogP contribution in [0.2, 0.25) is 0 Å². The summed E-state index contributed by atoms with van der Waals surface area (Å²) in [6.45, 7) is 5.79. The van der Waals surface area contributed by atoms with Gasteiger partial charge in [0, 0.05) is 5.33 Å². The van der Waals surface area contributed by atoms with Crippen molar-refractivity contribution in [3.05, 3.63) is 35.9 Å². The first-order valence-corrected chi connectivity index (χ1v) is 8.73. The lowest BCUT2D eigenvalue weighted by molar-refractivity contribution is 0.306. The van der Waals surface area contributed by atoms with E-state index < -0.39 is 0 Å². The molecule has 0 aromatic heterocycles. The second-order valence-electron chi connectivity index (χ2n) is 5.16. The van der Waals surface area contributed by atoms with Gasteiger partial charge in [-0.3, -0.25) is 0 Å². The van der Waals surface area contributed by atoms with Gasteiger partial charge in [-0.15, -0.1) is 0 Å². The summed E-state index contributed by atoms with van der Waals surface area (Å²) in [4.78, 5) is 0. The van der Waals surface area contributed by atoms with Gasteiger partial charge in [0.05, 0.1) is 13.2 Å². The molecule has 0 heterocycles. The molecule has 2 nitrogen and oxygen atoms in total. The molecule has 0 saturated carbocycles. The molecule has 2 aromatic carbocycles. The molecule has 2 rings (SSSR count). The fourth-order valence-electron chi connectivity index (χ4n) is 2.38. The van der Waals surface area contributed by atoms with E-state index in [9.17, 15) is 0 Å². The number of rotatable bonds is 8. The number of halogens is 1. The van der Waals surface area contributed by atoms with E-state index in [1.807, 2.05) is 6.07 Å². The Kier molecular flexibility index (Phi) is 6.37. The molecule has 3 heteroatoms. The molecule has 0 amide bonds. The van der Waals surface area contributed by atoms with Crippen molar-refractivity contribution in [1.82, 2.24) is 0 Å². The number of unbranched alkanes of at least 4 members (excludes halogenated alkanes) is 2. The summed E-state index contributed by atoms with van der Waals surface area (Å²) in [7, 11) is 0. The SMILES string of the molecule is CCCCCOc1ccc2c(C)c(OCCBr)ccc2c1. The van der Waals surface area contributed by atoms with Gasteiger partial charge >= 0.3 is 0 Å². The Hall–Kier alpha value is -1.22. The zero-order valence-corrected chi connectivity index (χ0v) is 14.4. The quantitative estimate of drug-likeness (QED) is 0.462. The van der Waals surface area contributed by atoms with Crippen LogP contribution < -0.4 is 9.47 Å². The first kappa shape index (κ1) is 16.2. The van der Waals surface area contributed by atoms with Crippen molar-refractivity contribution >= 4 is 26.7 Å². The van der Waals surface area contributed by atoms with Crippen LogP contribution in [0, 0.1) is 6.92 Å². The predicted octanol–water partition coefficient (Wildman–Crippen LogP) is 5.49. The predicted molar refractivity (Wildman–Crippen MR) is 93.0 cm³/mol. The largest absolute Gasteiger partial charge is 0.494 e. The maximum Gasteiger partial charge on any atom is 0.122 e. The van der Waals surface area contributed by atoms with Crippen LogP contribution in [0.25, 0.3) is 10.8 Å². The lowest BCUT2D eigenvalue weighted by Gasteiger charge is -2.12. The summed E-state index contributed by atoms with van der Waals surface area (Å²) >= 11 is 3.38. The molecule has 0 aliphatic rings. The van der Waals surface area contributed by atoms with Crippen molar-refractivity contribution in [2.45, 2.75) is 33.1 Å². The standard InChI is InChI=1S/C18H23BrO2/c1-3-4-5-11-20-16-7-8-17-14(2)18(21-12-10-19)9-6-15(17)13-16/h6-9,13H,3-5,10-12H2,1-2H3. The topological polar surface area (TPSA) is 18.5 Å². The fraction of sp³-hybridized carbons (Fsp3) is 0.444. The number of benzene rings is 2. The molecular weight excluding hydrogens is 328 g/mol. The van der Waals surface area contributed by atoms with Crippen LogP contribution in [-0.2, 0) is 0 Å². The summed E-state index contributed by atoms with van der Waals surface area (Å²) in [6, 6.07) is 10.4. The van der Waals surface area contributed by atoms with Crippen LogP contribution in [0.5, 0.6) is 11.5 Å².